The van der Waals surface area contributed by atoms with Gasteiger partial charge in [-0.3, -0.25) is 10.1 Å². The summed E-state index contributed by atoms with van der Waals surface area (Å²) in [6.45, 7) is 17.1. The molecule has 0 spiro atoms. The molecule has 0 bridgehead atoms. The van der Waals surface area contributed by atoms with E-state index in [1.807, 2.05) is 9.96 Å². The van der Waals surface area contributed by atoms with E-state index in [-0.39, 0.29) is 17.2 Å². The summed E-state index contributed by atoms with van der Waals surface area (Å²) in [5.41, 5.74) is 0. The highest BCUT2D eigenvalue weighted by Crippen LogP contribution is 2.38. The van der Waals surface area contributed by atoms with Gasteiger partial charge in [0.2, 0.25) is 14.2 Å². The van der Waals surface area contributed by atoms with Gasteiger partial charge < -0.3 is 9.43 Å². The molecule has 0 aromatic rings. The van der Waals surface area contributed by atoms with Crippen molar-refractivity contribution >= 4 is 14.2 Å². The van der Waals surface area contributed by atoms with Gasteiger partial charge in [0.05, 0.1) is 0 Å². The zero-order valence-corrected chi connectivity index (χ0v) is 15.6. The van der Waals surface area contributed by atoms with E-state index in [2.05, 4.69) is 53.0 Å². The number of hydroxylamine groups is 2. The number of rotatable bonds is 3. The minimum atomic E-state index is -1.88. The maximum absolute atomic E-state index is 12.2. The summed E-state index contributed by atoms with van der Waals surface area (Å²) in [6, 6.07) is 0.350. The molecule has 2 aliphatic rings. The normalized spacial score (nSPS) is 28.4. The molecule has 0 aromatic heterocycles. The van der Waals surface area contributed by atoms with Crippen molar-refractivity contribution in [3.05, 3.63) is 0 Å². The summed E-state index contributed by atoms with van der Waals surface area (Å²) in [7, 11) is -1.88. The molecule has 0 saturated carbocycles. The molecule has 0 aliphatic carbocycles. The Kier molecular flexibility index (Phi) is 4.55. The first-order valence-electron chi connectivity index (χ1n) is 8.04. The molecular formula is C15H31N3O2Si. The average molecular weight is 314 g/mol. The number of carbonyl (C=O) groups excluding carboxylic acids is 1. The number of amides is 1. The molecular weight excluding hydrogens is 282 g/mol. The number of carbonyl (C=O) groups is 1. The molecule has 21 heavy (non-hydrogen) atoms. The molecule has 2 saturated heterocycles. The van der Waals surface area contributed by atoms with Crippen molar-refractivity contribution in [2.45, 2.75) is 71.5 Å². The lowest BCUT2D eigenvalue weighted by molar-refractivity contribution is -0.185. The third-order valence-corrected chi connectivity index (χ3v) is 9.45. The summed E-state index contributed by atoms with van der Waals surface area (Å²) in [4.78, 5) is 14.1. The lowest BCUT2D eigenvalue weighted by Crippen LogP contribution is -2.61. The quantitative estimate of drug-likeness (QED) is 0.813. The van der Waals surface area contributed by atoms with Gasteiger partial charge >= 0.3 is 0 Å². The smallest absolute Gasteiger partial charge is 0.226 e. The summed E-state index contributed by atoms with van der Waals surface area (Å²) in [5.74, 6) is 0.754. The van der Waals surface area contributed by atoms with E-state index in [1.54, 1.807) is 0 Å². The number of hydrogen-bond acceptors (Lipinski definition) is 4. The van der Waals surface area contributed by atoms with Gasteiger partial charge in [-0.1, -0.05) is 34.6 Å². The molecule has 0 radical (unpaired) electrons. The molecule has 1 amide bonds. The van der Waals surface area contributed by atoms with Gasteiger partial charge in [0.1, 0.15) is 0 Å². The van der Waals surface area contributed by atoms with Crippen LogP contribution in [0, 0.1) is 5.92 Å². The first-order valence-corrected chi connectivity index (χ1v) is 10.9. The van der Waals surface area contributed by atoms with E-state index in [0.717, 1.165) is 6.54 Å². The van der Waals surface area contributed by atoms with Gasteiger partial charge in [-0.2, -0.15) is 5.06 Å². The van der Waals surface area contributed by atoms with E-state index >= 15 is 0 Å². The van der Waals surface area contributed by atoms with Crippen molar-refractivity contribution in [2.24, 2.45) is 5.92 Å². The van der Waals surface area contributed by atoms with Crippen molar-refractivity contribution in [3.8, 4) is 0 Å². The molecule has 2 atom stereocenters. The van der Waals surface area contributed by atoms with Crippen LogP contribution in [0.3, 0.4) is 0 Å². The fraction of sp³-hybridized carbons (Fsp3) is 0.933. The summed E-state index contributed by atoms with van der Waals surface area (Å²) in [6.07, 6.45) is 0.463. The molecule has 2 rings (SSSR count). The van der Waals surface area contributed by atoms with Crippen LogP contribution in [0.2, 0.25) is 18.1 Å². The predicted molar refractivity (Wildman–Crippen MR) is 86.9 cm³/mol. The SMILES string of the molecule is CC(C)[C@@H]1CN2C(=O)CCN(O[Si](C)(C)C(C)(C)C)[C@@H]2N1. The molecule has 5 nitrogen and oxygen atoms in total. The first kappa shape index (κ1) is 16.9. The summed E-state index contributed by atoms with van der Waals surface area (Å²) < 4.78 is 6.45. The highest BCUT2D eigenvalue weighted by molar-refractivity contribution is 6.74. The Labute approximate surface area is 130 Å². The monoisotopic (exact) mass is 313 g/mol. The van der Waals surface area contributed by atoms with Gasteiger partial charge in [-0.15, -0.1) is 0 Å². The Morgan fingerprint density at radius 2 is 1.95 bits per heavy atom. The van der Waals surface area contributed by atoms with Crippen LogP contribution in [0.5, 0.6) is 0 Å². The zero-order chi connectivity index (χ0) is 16.0. The van der Waals surface area contributed by atoms with Crippen LogP contribution < -0.4 is 5.32 Å². The topological polar surface area (TPSA) is 44.8 Å². The third kappa shape index (κ3) is 3.33. The lowest BCUT2D eigenvalue weighted by atomic mass is 10.1. The van der Waals surface area contributed by atoms with E-state index in [1.165, 1.54) is 0 Å². The maximum atomic E-state index is 12.2. The van der Waals surface area contributed by atoms with Crippen LogP contribution in [-0.2, 0) is 9.32 Å². The second-order valence-corrected chi connectivity index (χ2v) is 12.9. The van der Waals surface area contributed by atoms with Gasteiger partial charge in [0.25, 0.3) is 0 Å². The van der Waals surface area contributed by atoms with Crippen LogP contribution in [0.15, 0.2) is 0 Å². The standard InChI is InChI=1S/C15H31N3O2Si/c1-11(2)12-10-17-13(19)8-9-18(14(17)16-12)20-21(6,7)15(3,4)5/h11-12,14,16H,8-10H2,1-7H3/t12-,14+/m0/s1. The molecule has 0 aromatic carbocycles. The van der Waals surface area contributed by atoms with Crippen LogP contribution in [0.25, 0.3) is 0 Å². The Morgan fingerprint density at radius 3 is 2.48 bits per heavy atom. The molecule has 2 aliphatic heterocycles. The van der Waals surface area contributed by atoms with Crippen LogP contribution >= 0.6 is 0 Å². The fourth-order valence-electron chi connectivity index (χ4n) is 2.52. The highest BCUT2D eigenvalue weighted by atomic mass is 28.4. The van der Waals surface area contributed by atoms with Crippen molar-refractivity contribution in [1.29, 1.82) is 0 Å². The van der Waals surface area contributed by atoms with Gasteiger partial charge in [-0.25, -0.2) is 0 Å². The zero-order valence-electron chi connectivity index (χ0n) is 14.6. The second-order valence-electron chi connectivity index (χ2n) is 8.18. The van der Waals surface area contributed by atoms with Crippen LogP contribution in [-0.4, -0.2) is 49.6 Å². The van der Waals surface area contributed by atoms with Gasteiger partial charge in [0.15, 0.2) is 6.29 Å². The van der Waals surface area contributed by atoms with E-state index in [9.17, 15) is 4.79 Å². The Balaban J connectivity index is 2.13. The fourth-order valence-corrected chi connectivity index (χ4v) is 3.57. The van der Waals surface area contributed by atoms with E-state index in [0.29, 0.717) is 24.9 Å². The van der Waals surface area contributed by atoms with E-state index < -0.39 is 8.32 Å². The maximum Gasteiger partial charge on any atom is 0.226 e. The summed E-state index contributed by atoms with van der Waals surface area (Å²) >= 11 is 0. The number of hydrogen-bond donors (Lipinski definition) is 1. The molecule has 1 N–H and O–H groups in total. The van der Waals surface area contributed by atoms with Crippen LogP contribution in [0.1, 0.15) is 41.0 Å². The van der Waals surface area contributed by atoms with Crippen molar-refractivity contribution in [3.63, 3.8) is 0 Å². The molecule has 122 valence electrons. The first-order chi connectivity index (χ1) is 9.53. The van der Waals surface area contributed by atoms with Crippen LogP contribution in [0.4, 0.5) is 0 Å². The van der Waals surface area contributed by atoms with Gasteiger partial charge in [0, 0.05) is 25.6 Å². The highest BCUT2D eigenvalue weighted by Gasteiger charge is 2.47. The minimum Gasteiger partial charge on any atom is -0.339 e. The second kappa shape index (κ2) is 5.65. The average Bonchev–Trinajstić information content (AvgIpc) is 2.77. The molecule has 2 heterocycles. The number of nitrogens with one attached hydrogen (secondary N) is 1. The van der Waals surface area contributed by atoms with E-state index in [4.69, 9.17) is 4.53 Å². The van der Waals surface area contributed by atoms with Gasteiger partial charge in [-0.05, 0) is 24.1 Å². The Bertz CT molecular complexity index is 406. The van der Waals surface area contributed by atoms with Crippen molar-refractivity contribution < 1.29 is 9.32 Å². The molecule has 2 fully saturated rings. The summed E-state index contributed by atoms with van der Waals surface area (Å²) in [5, 5.41) is 5.77. The number of fused-ring (bicyclic) bond motifs is 1. The Hall–Kier alpha value is -0.433. The largest absolute Gasteiger partial charge is 0.339 e. The van der Waals surface area contributed by atoms with Crippen molar-refractivity contribution in [2.75, 3.05) is 13.1 Å². The molecule has 6 heteroatoms. The Morgan fingerprint density at radius 1 is 1.33 bits per heavy atom. The molecule has 0 unspecified atom stereocenters. The lowest BCUT2D eigenvalue weighted by Gasteiger charge is -2.45. The third-order valence-electron chi connectivity index (χ3n) is 5.15. The predicted octanol–water partition coefficient (Wildman–Crippen LogP) is 2.37. The number of nitrogens with zero attached hydrogens (tertiary/aromatic N) is 2. The van der Waals surface area contributed by atoms with Crippen molar-refractivity contribution in [1.82, 2.24) is 15.3 Å². The minimum absolute atomic E-state index is 0.0900.